The maximum Gasteiger partial charge on any atom is 0.350 e. The largest absolute Gasteiger partial charge is 0.465 e. The van der Waals surface area contributed by atoms with E-state index in [0.717, 1.165) is 24.2 Å². The topological polar surface area (TPSA) is 92.8 Å². The van der Waals surface area contributed by atoms with Crippen LogP contribution in [-0.2, 0) is 14.8 Å². The highest BCUT2D eigenvalue weighted by molar-refractivity contribution is 7.89. The zero-order valence-corrected chi connectivity index (χ0v) is 16.8. The van der Waals surface area contributed by atoms with Crippen LogP contribution in [0, 0.1) is 0 Å². The number of nitrogens with zero attached hydrogens (tertiary/aromatic N) is 1. The summed E-state index contributed by atoms with van der Waals surface area (Å²) in [5.41, 5.74) is 0.426. The van der Waals surface area contributed by atoms with Gasteiger partial charge in [-0.05, 0) is 42.5 Å². The highest BCUT2D eigenvalue weighted by atomic mass is 35.5. The number of halogens is 1. The third-order valence-electron chi connectivity index (χ3n) is 4.16. The Morgan fingerprint density at radius 1 is 1.22 bits per heavy atom. The van der Waals surface area contributed by atoms with Crippen molar-refractivity contribution >= 4 is 50.5 Å². The maximum atomic E-state index is 12.8. The molecule has 0 unspecified atom stereocenters. The van der Waals surface area contributed by atoms with Gasteiger partial charge in [0.15, 0.2) is 0 Å². The monoisotopic (exact) mass is 428 g/mol. The lowest BCUT2D eigenvalue weighted by Crippen LogP contribution is -2.28. The second kappa shape index (κ2) is 7.97. The first-order valence-corrected chi connectivity index (χ1v) is 10.8. The zero-order valence-electron chi connectivity index (χ0n) is 14.4. The summed E-state index contributed by atoms with van der Waals surface area (Å²) in [6.45, 7) is 0.874. The van der Waals surface area contributed by atoms with Crippen molar-refractivity contribution in [3.63, 3.8) is 0 Å². The Balaban J connectivity index is 1.89. The van der Waals surface area contributed by atoms with Crippen molar-refractivity contribution in [2.75, 3.05) is 25.5 Å². The highest BCUT2D eigenvalue weighted by Gasteiger charge is 2.30. The molecule has 1 N–H and O–H groups in total. The molecule has 1 fully saturated rings. The fourth-order valence-corrected chi connectivity index (χ4v) is 5.55. The molecule has 1 aromatic heterocycles. The van der Waals surface area contributed by atoms with Gasteiger partial charge < -0.3 is 10.1 Å². The molecule has 2 heterocycles. The number of carbonyl (C=O) groups is 2. The molecule has 0 radical (unpaired) electrons. The van der Waals surface area contributed by atoms with Gasteiger partial charge in [-0.2, -0.15) is 4.31 Å². The third-order valence-corrected chi connectivity index (χ3v) is 7.44. The van der Waals surface area contributed by atoms with Crippen LogP contribution in [0.1, 0.15) is 32.9 Å². The fourth-order valence-electron chi connectivity index (χ4n) is 2.76. The molecule has 0 bridgehead atoms. The lowest BCUT2D eigenvalue weighted by Gasteiger charge is -2.17. The molecule has 1 saturated heterocycles. The second-order valence-electron chi connectivity index (χ2n) is 5.87. The van der Waals surface area contributed by atoms with Crippen molar-refractivity contribution in [1.29, 1.82) is 0 Å². The van der Waals surface area contributed by atoms with E-state index in [9.17, 15) is 18.0 Å². The average Bonchev–Trinajstić information content (AvgIpc) is 3.33. The van der Waals surface area contributed by atoms with Crippen molar-refractivity contribution in [3.05, 3.63) is 45.1 Å². The number of methoxy groups -OCH3 is 1. The third kappa shape index (κ3) is 4.01. The maximum absolute atomic E-state index is 12.8. The Bertz CT molecular complexity index is 981. The number of rotatable bonds is 5. The average molecular weight is 429 g/mol. The number of esters is 1. The molecule has 10 heteroatoms. The Morgan fingerprint density at radius 3 is 2.59 bits per heavy atom. The summed E-state index contributed by atoms with van der Waals surface area (Å²) >= 11 is 7.23. The normalized spacial score (nSPS) is 14.9. The first kappa shape index (κ1) is 19.8. The van der Waals surface area contributed by atoms with E-state index in [1.54, 1.807) is 11.4 Å². The van der Waals surface area contributed by atoms with Crippen LogP contribution < -0.4 is 5.32 Å². The molecule has 1 aromatic carbocycles. The fraction of sp³-hybridized carbons (Fsp3) is 0.294. The van der Waals surface area contributed by atoms with Crippen LogP contribution >= 0.6 is 22.9 Å². The van der Waals surface area contributed by atoms with Crippen LogP contribution in [0.25, 0.3) is 0 Å². The summed E-state index contributed by atoms with van der Waals surface area (Å²) in [7, 11) is -2.51. The van der Waals surface area contributed by atoms with Gasteiger partial charge in [-0.25, -0.2) is 13.2 Å². The van der Waals surface area contributed by atoms with Crippen LogP contribution in [0.15, 0.2) is 34.5 Å². The number of hydrogen-bond acceptors (Lipinski definition) is 6. The molecule has 1 amide bonds. The Kier molecular flexibility index (Phi) is 5.85. The van der Waals surface area contributed by atoms with Crippen molar-refractivity contribution < 1.29 is 22.7 Å². The van der Waals surface area contributed by atoms with Gasteiger partial charge in [-0.1, -0.05) is 11.6 Å². The second-order valence-corrected chi connectivity index (χ2v) is 9.10. The molecule has 1 aliphatic rings. The Morgan fingerprint density at radius 2 is 1.93 bits per heavy atom. The number of benzene rings is 1. The van der Waals surface area contributed by atoms with E-state index in [2.05, 4.69) is 10.1 Å². The molecule has 1 aliphatic heterocycles. The Hall–Kier alpha value is -1.94. The molecule has 0 spiro atoms. The number of hydrogen-bond donors (Lipinski definition) is 1. The summed E-state index contributed by atoms with van der Waals surface area (Å²) in [4.78, 5) is 24.5. The summed E-state index contributed by atoms with van der Waals surface area (Å²) in [5, 5.41) is 4.31. The number of ether oxygens (including phenoxy) is 1. The van der Waals surface area contributed by atoms with E-state index in [4.69, 9.17) is 11.6 Å². The van der Waals surface area contributed by atoms with Gasteiger partial charge in [0.2, 0.25) is 10.0 Å². The van der Waals surface area contributed by atoms with Crippen LogP contribution in [-0.4, -0.2) is 44.8 Å². The molecule has 3 rings (SSSR count). The predicted octanol–water partition coefficient (Wildman–Crippen LogP) is 3.22. The highest BCUT2D eigenvalue weighted by Crippen LogP contribution is 2.29. The van der Waals surface area contributed by atoms with Crippen molar-refractivity contribution in [2.45, 2.75) is 17.7 Å². The molecule has 2 aromatic rings. The zero-order chi connectivity index (χ0) is 19.6. The smallest absolute Gasteiger partial charge is 0.350 e. The van der Waals surface area contributed by atoms with Gasteiger partial charge in [0.1, 0.15) is 9.77 Å². The number of amides is 1. The van der Waals surface area contributed by atoms with Gasteiger partial charge >= 0.3 is 5.97 Å². The molecule has 0 saturated carbocycles. The van der Waals surface area contributed by atoms with Crippen molar-refractivity contribution in [2.24, 2.45) is 0 Å². The molecule has 0 atom stereocenters. The van der Waals surface area contributed by atoms with E-state index < -0.39 is 21.9 Å². The van der Waals surface area contributed by atoms with Crippen molar-refractivity contribution in [1.82, 2.24) is 4.31 Å². The van der Waals surface area contributed by atoms with Gasteiger partial charge in [0.05, 0.1) is 17.8 Å². The number of anilines is 1. The van der Waals surface area contributed by atoms with Crippen molar-refractivity contribution in [3.8, 4) is 0 Å². The van der Waals surface area contributed by atoms with Crippen LogP contribution in [0.4, 0.5) is 5.69 Å². The van der Waals surface area contributed by atoms with Crippen LogP contribution in [0.2, 0.25) is 5.02 Å². The standard InChI is InChI=1S/C17H17ClN2O5S2/c1-25-17(22)15-13(6-9-26-15)19-16(21)11-4-5-12(18)14(10-11)27(23,24)20-7-2-3-8-20/h4-6,9-10H,2-3,7-8H2,1H3,(H,19,21). The van der Waals surface area contributed by atoms with E-state index in [1.165, 1.54) is 29.6 Å². The van der Waals surface area contributed by atoms with Gasteiger partial charge in [-0.3, -0.25) is 4.79 Å². The van der Waals surface area contributed by atoms with E-state index in [0.29, 0.717) is 18.8 Å². The Labute approximate surface area is 165 Å². The van der Waals surface area contributed by atoms with Crippen LogP contribution in [0.5, 0.6) is 0 Å². The molecule has 0 aliphatic carbocycles. The summed E-state index contributed by atoms with van der Waals surface area (Å²) in [5.74, 6) is -1.11. The van der Waals surface area contributed by atoms with E-state index >= 15 is 0 Å². The molecule has 7 nitrogen and oxygen atoms in total. The first-order valence-electron chi connectivity index (χ1n) is 8.11. The minimum absolute atomic E-state index is 0.0595. The summed E-state index contributed by atoms with van der Waals surface area (Å²) < 4.78 is 31.6. The summed E-state index contributed by atoms with van der Waals surface area (Å²) in [6, 6.07) is 5.65. The van der Waals surface area contributed by atoms with Gasteiger partial charge in [-0.15, -0.1) is 11.3 Å². The minimum atomic E-state index is -3.76. The number of carbonyl (C=O) groups excluding carboxylic acids is 2. The quantitative estimate of drug-likeness (QED) is 0.738. The first-order chi connectivity index (χ1) is 12.8. The molecule has 27 heavy (non-hydrogen) atoms. The molecular formula is C17H17ClN2O5S2. The minimum Gasteiger partial charge on any atom is -0.465 e. The van der Waals surface area contributed by atoms with E-state index in [-0.39, 0.29) is 20.4 Å². The van der Waals surface area contributed by atoms with Gasteiger partial charge in [0, 0.05) is 18.7 Å². The summed E-state index contributed by atoms with van der Waals surface area (Å²) in [6.07, 6.45) is 1.59. The van der Waals surface area contributed by atoms with Gasteiger partial charge in [0.25, 0.3) is 5.91 Å². The molecule has 144 valence electrons. The SMILES string of the molecule is COC(=O)c1sccc1NC(=O)c1ccc(Cl)c(S(=O)(=O)N2CCCC2)c1. The lowest BCUT2D eigenvalue weighted by molar-refractivity contribution is 0.0607. The number of thiophene rings is 1. The predicted molar refractivity (Wildman–Crippen MR) is 103 cm³/mol. The molecular weight excluding hydrogens is 412 g/mol. The van der Waals surface area contributed by atoms with E-state index in [1.807, 2.05) is 0 Å². The lowest BCUT2D eigenvalue weighted by atomic mass is 10.2. The number of nitrogens with one attached hydrogen (secondary N) is 1. The number of sulfonamides is 1. The van der Waals surface area contributed by atoms with Crippen LogP contribution in [0.3, 0.4) is 0 Å².